The molecule has 0 amide bonds. The summed E-state index contributed by atoms with van der Waals surface area (Å²) in [6.45, 7) is 0. The molecule has 0 fully saturated rings. The van der Waals surface area contributed by atoms with Crippen molar-refractivity contribution in [2.45, 2.75) is 0 Å². The molecule has 0 aromatic rings. The number of rotatable bonds is 0. The Morgan fingerprint density at radius 2 is 1.17 bits per heavy atom. The Labute approximate surface area is 108 Å². The molecule has 0 aliphatic heterocycles. The molecule has 0 aliphatic carbocycles. The Morgan fingerprint density at radius 3 is 1.17 bits per heavy atom. The molecule has 2 radical (unpaired) electrons. The van der Waals surface area contributed by atoms with E-state index in [0.717, 1.165) is 0 Å². The zero-order valence-electron chi connectivity index (χ0n) is 2.32. The Hall–Kier alpha value is 3.32. The number of hydrogen-bond donors (Lipinski definition) is 0. The van der Waals surface area contributed by atoms with Crippen LogP contribution in [0.2, 0.25) is 0 Å². The molecule has 0 rings (SSSR count). The van der Waals surface area contributed by atoms with Gasteiger partial charge in [-0.3, -0.25) is 0 Å². The van der Waals surface area contributed by atoms with Crippen molar-refractivity contribution in [2.75, 3.05) is 0 Å². The largest absolute Gasteiger partial charge is 0 e. The topological polar surface area (TPSA) is 17.1 Å². The van der Waals surface area contributed by atoms with Crippen LogP contribution < -0.4 is 0 Å². The van der Waals surface area contributed by atoms with E-state index in [4.69, 9.17) is 3.08 Å². The normalized spacial score (nSPS) is 0.667. The Kier molecular flexibility index (Phi) is 233. The molecule has 0 bridgehead atoms. The van der Waals surface area contributed by atoms with Crippen molar-refractivity contribution in [1.82, 2.24) is 0 Å². The molecule has 0 saturated carbocycles. The third-order valence-electron chi connectivity index (χ3n) is 0. The van der Waals surface area contributed by atoms with Gasteiger partial charge in [0.1, 0.15) is 0 Å². The summed E-state index contributed by atoms with van der Waals surface area (Å²) in [7, 11) is 0. The molecule has 6 heteroatoms. The van der Waals surface area contributed by atoms with E-state index in [1.165, 1.54) is 0 Å². The zero-order valence-corrected chi connectivity index (χ0v) is 12.2. The van der Waals surface area contributed by atoms with Gasteiger partial charge in [0, 0.05) is 46.8 Å². The van der Waals surface area contributed by atoms with Crippen LogP contribution in [0.4, 0.5) is 0 Å². The first-order chi connectivity index (χ1) is 1.00. The molecule has 0 aromatic carbocycles. The first-order valence-electron chi connectivity index (χ1n) is 0.204. The summed E-state index contributed by atoms with van der Waals surface area (Å²) in [5.74, 6) is 0. The minimum Gasteiger partial charge on any atom is 0 e. The van der Waals surface area contributed by atoms with Crippen LogP contribution >= 0.6 is 0 Å². The van der Waals surface area contributed by atoms with E-state index < -0.39 is 0 Å². The van der Waals surface area contributed by atoms with Crippen LogP contribution in [-0.4, -0.2) is 59.9 Å². The predicted octanol–water partition coefficient (Wildman–Crippen LogP) is -3.14. The molecule has 0 spiro atoms. The van der Waals surface area contributed by atoms with Crippen LogP contribution in [-0.2, 0) is 49.9 Å². The van der Waals surface area contributed by atoms with Crippen LogP contribution in [0.25, 0.3) is 0 Å². The molecule has 28 valence electrons. The molecule has 0 aromatic heterocycles. The summed E-state index contributed by atoms with van der Waals surface area (Å²) in [4.78, 5) is 0. The van der Waals surface area contributed by atoms with Crippen molar-refractivity contribution in [2.24, 2.45) is 0 Å². The Balaban J connectivity index is -0.000000000833. The number of hydrogen-bond acceptors (Lipinski definition) is 1. The van der Waals surface area contributed by atoms with E-state index in [-0.39, 0.29) is 84.2 Å². The summed E-state index contributed by atoms with van der Waals surface area (Å²) in [5.41, 5.74) is 0. The van der Waals surface area contributed by atoms with E-state index in [1.807, 2.05) is 0 Å². The quantitative estimate of drug-likeness (QED) is 0.349. The van der Waals surface area contributed by atoms with Gasteiger partial charge in [-0.15, -0.1) is 0 Å². The van der Waals surface area contributed by atoms with Crippen molar-refractivity contribution >= 4 is 59.9 Å². The van der Waals surface area contributed by atoms with Crippen molar-refractivity contribution in [3.63, 3.8) is 0 Å². The molecule has 0 saturated heterocycles. The minimum absolute atomic E-state index is 0. The molecule has 0 atom stereocenters. The molecular weight excluding hydrogens is 455 g/mol. The third-order valence-corrected chi connectivity index (χ3v) is 0. The standard InChI is InChI=1S/Cd.Ga.GeH4.O.Sn.Zn.3H/h;;1H4;;;;;;. The van der Waals surface area contributed by atoms with Gasteiger partial charge < -0.3 is 0 Å². The maximum absolute atomic E-state index is 8.34. The molecule has 0 N–H and O–H groups in total. The van der Waals surface area contributed by atoms with E-state index in [1.54, 1.807) is 0 Å². The maximum atomic E-state index is 8.34. The van der Waals surface area contributed by atoms with Gasteiger partial charge in [0.05, 0.1) is 0 Å². The fraction of sp³-hybridized carbons (Fsp3) is 0. The van der Waals surface area contributed by atoms with Crippen molar-refractivity contribution in [3.8, 4) is 0 Å². The van der Waals surface area contributed by atoms with Crippen LogP contribution in [0.15, 0.2) is 0 Å². The van der Waals surface area contributed by atoms with E-state index in [2.05, 4.69) is 0 Å². The van der Waals surface area contributed by atoms with Crippen molar-refractivity contribution in [1.29, 1.82) is 0 Å². The average molecular weight is 462 g/mol. The van der Waals surface area contributed by atoms with Gasteiger partial charge in [-0.25, -0.2) is 0 Å². The van der Waals surface area contributed by atoms with Gasteiger partial charge in [-0.2, -0.15) is 0 Å². The predicted molar refractivity (Wildman–Crippen MR) is 27.7 cm³/mol. The summed E-state index contributed by atoms with van der Waals surface area (Å²) >= 11 is 0.300. The first-order valence-corrected chi connectivity index (χ1v) is 1.37. The molecule has 1 nitrogen and oxygen atoms in total. The summed E-state index contributed by atoms with van der Waals surface area (Å²) in [6, 6.07) is 0. The third kappa shape index (κ3) is 26.5. The molecule has 0 aliphatic rings. The zero-order chi connectivity index (χ0) is 2.00. The van der Waals surface area contributed by atoms with Crippen LogP contribution in [0.3, 0.4) is 0 Å². The smallest absolute Gasteiger partial charge is 0 e. The summed E-state index contributed by atoms with van der Waals surface area (Å²) in [5, 5.41) is 0. The molecule has 0 heterocycles. The second kappa shape index (κ2) is 40.4. The van der Waals surface area contributed by atoms with Gasteiger partial charge >= 0.3 is 63.0 Å². The maximum Gasteiger partial charge on any atom is 0 e. The van der Waals surface area contributed by atoms with E-state index in [0.29, 0.717) is 22.5 Å². The van der Waals surface area contributed by atoms with Gasteiger partial charge in [-0.1, -0.05) is 0 Å². The van der Waals surface area contributed by atoms with E-state index >= 15 is 0 Å². The van der Waals surface area contributed by atoms with Gasteiger partial charge in [0.2, 0.25) is 0 Å². The van der Waals surface area contributed by atoms with Gasteiger partial charge in [-0.05, 0) is 0 Å². The van der Waals surface area contributed by atoms with Crippen molar-refractivity contribution < 1.29 is 49.9 Å². The summed E-state index contributed by atoms with van der Waals surface area (Å²) in [6.07, 6.45) is 0. The monoisotopic (exact) mass is 464 g/mol. The van der Waals surface area contributed by atoms with Crippen LogP contribution in [0.5, 0.6) is 0 Å². The second-order valence-electron chi connectivity index (χ2n) is 0. The molecular formula is H7CdGaGeOSnZn. The SMILES string of the molecule is [Cd].[GaH3].[GeH4].[O]=[Sn].[Zn]. The van der Waals surface area contributed by atoms with E-state index in [9.17, 15) is 0 Å². The average Bonchev–Trinajstić information content (AvgIpc) is 1.00. The minimum atomic E-state index is 0. The Morgan fingerprint density at radius 1 is 1.17 bits per heavy atom. The van der Waals surface area contributed by atoms with Crippen molar-refractivity contribution in [3.05, 3.63) is 0 Å². The fourth-order valence-corrected chi connectivity index (χ4v) is 0. The van der Waals surface area contributed by atoms with Crippen LogP contribution in [0, 0.1) is 0 Å². The van der Waals surface area contributed by atoms with Gasteiger partial charge in [0.25, 0.3) is 0 Å². The summed E-state index contributed by atoms with van der Waals surface area (Å²) < 4.78 is 8.34. The first kappa shape index (κ1) is 34.6. The van der Waals surface area contributed by atoms with Crippen LogP contribution in [0.1, 0.15) is 0 Å². The molecule has 0 unspecified atom stereocenters. The second-order valence-corrected chi connectivity index (χ2v) is 0. The Bertz CT molecular complexity index is 15.5. The molecule has 6 heavy (non-hydrogen) atoms. The fourth-order valence-electron chi connectivity index (χ4n) is 0. The van der Waals surface area contributed by atoms with Gasteiger partial charge in [0.15, 0.2) is 0 Å².